The third kappa shape index (κ3) is 1.89. The molecular formula is C13H16O2. The van der Waals surface area contributed by atoms with Crippen LogP contribution in [-0.4, -0.2) is 12.9 Å². The highest BCUT2D eigenvalue weighted by atomic mass is 16.5. The third-order valence-corrected chi connectivity index (χ3v) is 2.88. The van der Waals surface area contributed by atoms with E-state index in [1.807, 2.05) is 12.1 Å². The molecule has 1 aliphatic rings. The van der Waals surface area contributed by atoms with Gasteiger partial charge in [0.15, 0.2) is 0 Å². The molecular weight excluding hydrogens is 188 g/mol. The van der Waals surface area contributed by atoms with E-state index in [-0.39, 0.29) is 5.92 Å². The minimum atomic E-state index is 0.0491. The number of benzene rings is 1. The summed E-state index contributed by atoms with van der Waals surface area (Å²) in [5, 5.41) is 0. The van der Waals surface area contributed by atoms with E-state index in [2.05, 4.69) is 13.0 Å². The summed E-state index contributed by atoms with van der Waals surface area (Å²) in [6.07, 6.45) is 3.98. The molecule has 0 spiro atoms. The number of carbonyl (C=O) groups is 1. The monoisotopic (exact) mass is 204 g/mol. The molecule has 0 heterocycles. The van der Waals surface area contributed by atoms with Crippen LogP contribution in [0, 0.1) is 0 Å². The van der Waals surface area contributed by atoms with E-state index >= 15 is 0 Å². The average molecular weight is 204 g/mol. The van der Waals surface area contributed by atoms with Gasteiger partial charge in [0.25, 0.3) is 0 Å². The Morgan fingerprint density at radius 3 is 3.13 bits per heavy atom. The number of hydrogen-bond acceptors (Lipinski definition) is 2. The van der Waals surface area contributed by atoms with Crippen LogP contribution in [0.1, 0.15) is 36.8 Å². The van der Waals surface area contributed by atoms with E-state index in [0.717, 1.165) is 43.5 Å². The number of hydrogen-bond donors (Lipinski definition) is 0. The number of carbonyl (C=O) groups excluding carboxylic acids is 1. The molecule has 2 rings (SSSR count). The Labute approximate surface area is 90.3 Å². The highest BCUT2D eigenvalue weighted by Crippen LogP contribution is 2.38. The van der Waals surface area contributed by atoms with Gasteiger partial charge in [0.05, 0.1) is 6.61 Å². The molecule has 2 nitrogen and oxygen atoms in total. The van der Waals surface area contributed by atoms with Crippen LogP contribution >= 0.6 is 0 Å². The fourth-order valence-corrected chi connectivity index (χ4v) is 2.16. The smallest absolute Gasteiger partial charge is 0.127 e. The topological polar surface area (TPSA) is 26.3 Å². The van der Waals surface area contributed by atoms with Crippen LogP contribution in [0.15, 0.2) is 18.2 Å². The third-order valence-electron chi connectivity index (χ3n) is 2.88. The standard InChI is InChI=1S/C13H16O2/c1-2-8-15-12-5-3-4-10-6-7-11(9-14)13(10)12/h3-5,9,11H,2,6-8H2,1H3. The van der Waals surface area contributed by atoms with Gasteiger partial charge in [0, 0.05) is 11.5 Å². The molecule has 1 atom stereocenters. The Balaban J connectivity index is 2.31. The van der Waals surface area contributed by atoms with Crippen molar-refractivity contribution in [1.29, 1.82) is 0 Å². The first-order valence-corrected chi connectivity index (χ1v) is 5.56. The first kappa shape index (κ1) is 10.2. The molecule has 80 valence electrons. The number of ether oxygens (including phenoxy) is 1. The largest absolute Gasteiger partial charge is 0.493 e. The van der Waals surface area contributed by atoms with Gasteiger partial charge in [-0.3, -0.25) is 0 Å². The van der Waals surface area contributed by atoms with Gasteiger partial charge in [0.2, 0.25) is 0 Å². The quantitative estimate of drug-likeness (QED) is 0.705. The molecule has 1 aliphatic carbocycles. The molecule has 1 aromatic carbocycles. The van der Waals surface area contributed by atoms with Crippen molar-refractivity contribution in [3.63, 3.8) is 0 Å². The van der Waals surface area contributed by atoms with Crippen LogP contribution in [0.5, 0.6) is 5.75 Å². The summed E-state index contributed by atoms with van der Waals surface area (Å²) in [6, 6.07) is 6.07. The number of aldehydes is 1. The minimum Gasteiger partial charge on any atom is -0.493 e. The van der Waals surface area contributed by atoms with Gasteiger partial charge in [-0.25, -0.2) is 0 Å². The normalized spacial score (nSPS) is 18.6. The number of rotatable bonds is 4. The van der Waals surface area contributed by atoms with E-state index < -0.39 is 0 Å². The lowest BCUT2D eigenvalue weighted by molar-refractivity contribution is -0.109. The zero-order valence-electron chi connectivity index (χ0n) is 9.03. The molecule has 0 N–H and O–H groups in total. The maximum Gasteiger partial charge on any atom is 0.127 e. The van der Waals surface area contributed by atoms with Crippen molar-refractivity contribution in [1.82, 2.24) is 0 Å². The summed E-state index contributed by atoms with van der Waals surface area (Å²) in [5.41, 5.74) is 2.40. The number of fused-ring (bicyclic) bond motifs is 1. The summed E-state index contributed by atoms with van der Waals surface area (Å²) < 4.78 is 5.67. The van der Waals surface area contributed by atoms with Gasteiger partial charge in [-0.2, -0.15) is 0 Å². The van der Waals surface area contributed by atoms with Crippen LogP contribution in [-0.2, 0) is 11.2 Å². The Morgan fingerprint density at radius 1 is 1.53 bits per heavy atom. The zero-order valence-corrected chi connectivity index (χ0v) is 9.03. The van der Waals surface area contributed by atoms with E-state index in [1.165, 1.54) is 5.56 Å². The van der Waals surface area contributed by atoms with Crippen LogP contribution < -0.4 is 4.74 Å². The minimum absolute atomic E-state index is 0.0491. The molecule has 1 aromatic rings. The molecule has 0 saturated carbocycles. The molecule has 0 aromatic heterocycles. The van der Waals surface area contributed by atoms with Crippen LogP contribution in [0.25, 0.3) is 0 Å². The van der Waals surface area contributed by atoms with Gasteiger partial charge in [-0.05, 0) is 30.9 Å². The Kier molecular flexibility index (Phi) is 3.05. The van der Waals surface area contributed by atoms with Crippen LogP contribution in [0.3, 0.4) is 0 Å². The fourth-order valence-electron chi connectivity index (χ4n) is 2.16. The molecule has 0 saturated heterocycles. The Morgan fingerprint density at radius 2 is 2.40 bits per heavy atom. The SMILES string of the molecule is CCCOc1cccc2c1C(C=O)CC2. The fraction of sp³-hybridized carbons (Fsp3) is 0.462. The van der Waals surface area contributed by atoms with Gasteiger partial charge < -0.3 is 9.53 Å². The summed E-state index contributed by atoms with van der Waals surface area (Å²) >= 11 is 0. The van der Waals surface area contributed by atoms with E-state index in [0.29, 0.717) is 0 Å². The van der Waals surface area contributed by atoms with Crippen molar-refractivity contribution >= 4 is 6.29 Å². The predicted octanol–water partition coefficient (Wildman–Crippen LogP) is 2.70. The van der Waals surface area contributed by atoms with E-state index in [4.69, 9.17) is 4.74 Å². The molecule has 1 unspecified atom stereocenters. The highest BCUT2D eigenvalue weighted by molar-refractivity contribution is 5.68. The molecule has 0 bridgehead atoms. The van der Waals surface area contributed by atoms with Crippen molar-refractivity contribution in [3.8, 4) is 5.75 Å². The molecule has 15 heavy (non-hydrogen) atoms. The van der Waals surface area contributed by atoms with E-state index in [9.17, 15) is 4.79 Å². The van der Waals surface area contributed by atoms with Crippen molar-refractivity contribution in [3.05, 3.63) is 29.3 Å². The van der Waals surface area contributed by atoms with Crippen LogP contribution in [0.2, 0.25) is 0 Å². The summed E-state index contributed by atoms with van der Waals surface area (Å²) in [5.74, 6) is 0.956. The molecule has 0 aliphatic heterocycles. The molecule has 2 heteroatoms. The molecule has 0 radical (unpaired) electrons. The first-order chi connectivity index (χ1) is 7.36. The zero-order chi connectivity index (χ0) is 10.7. The number of aryl methyl sites for hydroxylation is 1. The van der Waals surface area contributed by atoms with Gasteiger partial charge in [-0.1, -0.05) is 19.1 Å². The second-order valence-corrected chi connectivity index (χ2v) is 3.96. The second kappa shape index (κ2) is 4.47. The molecule has 0 amide bonds. The van der Waals surface area contributed by atoms with E-state index in [1.54, 1.807) is 0 Å². The predicted molar refractivity (Wildman–Crippen MR) is 59.4 cm³/mol. The van der Waals surface area contributed by atoms with Gasteiger partial charge >= 0.3 is 0 Å². The van der Waals surface area contributed by atoms with Crippen molar-refractivity contribution in [2.75, 3.05) is 6.61 Å². The van der Waals surface area contributed by atoms with Crippen molar-refractivity contribution < 1.29 is 9.53 Å². The highest BCUT2D eigenvalue weighted by Gasteiger charge is 2.25. The summed E-state index contributed by atoms with van der Waals surface area (Å²) in [7, 11) is 0. The lowest BCUT2D eigenvalue weighted by atomic mass is 10.0. The maximum absolute atomic E-state index is 10.9. The summed E-state index contributed by atoms with van der Waals surface area (Å²) in [6.45, 7) is 2.81. The average Bonchev–Trinajstić information content (AvgIpc) is 2.69. The maximum atomic E-state index is 10.9. The summed E-state index contributed by atoms with van der Waals surface area (Å²) in [4.78, 5) is 10.9. The lowest BCUT2D eigenvalue weighted by Crippen LogP contribution is -2.02. The van der Waals surface area contributed by atoms with Gasteiger partial charge in [0.1, 0.15) is 12.0 Å². The van der Waals surface area contributed by atoms with Crippen molar-refractivity contribution in [2.24, 2.45) is 0 Å². The molecule has 0 fully saturated rings. The van der Waals surface area contributed by atoms with Crippen molar-refractivity contribution in [2.45, 2.75) is 32.1 Å². The Hall–Kier alpha value is -1.31. The Bertz CT molecular complexity index is 358. The second-order valence-electron chi connectivity index (χ2n) is 3.96. The van der Waals surface area contributed by atoms with Gasteiger partial charge in [-0.15, -0.1) is 0 Å². The van der Waals surface area contributed by atoms with Crippen LogP contribution in [0.4, 0.5) is 0 Å². The lowest BCUT2D eigenvalue weighted by Gasteiger charge is -2.12. The first-order valence-electron chi connectivity index (χ1n) is 5.56.